The summed E-state index contributed by atoms with van der Waals surface area (Å²) < 4.78 is 2.58. The Hall–Kier alpha value is -2.68. The van der Waals surface area contributed by atoms with Gasteiger partial charge in [-0.25, -0.2) is 24.9 Å². The number of aliphatic carboxylic acids is 1. The molecule has 100 valence electrons. The van der Waals surface area contributed by atoms with Crippen molar-refractivity contribution in [2.75, 3.05) is 5.43 Å². The van der Waals surface area contributed by atoms with Crippen LogP contribution in [0.2, 0.25) is 0 Å². The second-order valence-corrected chi connectivity index (χ2v) is 3.81. The Labute approximate surface area is 107 Å². The van der Waals surface area contributed by atoms with Gasteiger partial charge in [0.15, 0.2) is 0 Å². The van der Waals surface area contributed by atoms with E-state index in [1.54, 1.807) is 0 Å². The van der Waals surface area contributed by atoms with E-state index >= 15 is 0 Å². The Morgan fingerprint density at radius 2 is 2.26 bits per heavy atom. The van der Waals surface area contributed by atoms with Gasteiger partial charge in [-0.2, -0.15) is 0 Å². The fraction of sp³-hybridized carbons (Fsp3) is 0.200. The molecule has 9 nitrogen and oxygen atoms in total. The molecular weight excluding hydrogens is 252 g/mol. The average Bonchev–Trinajstić information content (AvgIpc) is 3.00. The van der Waals surface area contributed by atoms with E-state index in [2.05, 4.69) is 15.4 Å². The summed E-state index contributed by atoms with van der Waals surface area (Å²) in [5, 5.41) is 8.68. The van der Waals surface area contributed by atoms with Crippen molar-refractivity contribution in [2.24, 2.45) is 5.73 Å². The quantitative estimate of drug-likeness (QED) is 0.666. The van der Waals surface area contributed by atoms with E-state index in [1.165, 1.54) is 40.5 Å². The molecule has 0 saturated heterocycles. The van der Waals surface area contributed by atoms with Crippen molar-refractivity contribution in [1.82, 2.24) is 19.2 Å². The number of carbonyl (C=O) groups is 2. The third kappa shape index (κ3) is 3.16. The van der Waals surface area contributed by atoms with Gasteiger partial charge in [0, 0.05) is 25.0 Å². The van der Waals surface area contributed by atoms with Crippen LogP contribution in [0.1, 0.15) is 5.69 Å². The molecule has 9 heteroatoms. The van der Waals surface area contributed by atoms with E-state index in [-0.39, 0.29) is 6.42 Å². The lowest BCUT2D eigenvalue weighted by Gasteiger charge is -2.05. The van der Waals surface area contributed by atoms with Gasteiger partial charge in [0.2, 0.25) is 0 Å². The molecule has 1 atom stereocenters. The van der Waals surface area contributed by atoms with E-state index in [0.29, 0.717) is 5.69 Å². The van der Waals surface area contributed by atoms with Crippen molar-refractivity contribution in [2.45, 2.75) is 12.5 Å². The number of rotatable bonds is 4. The second kappa shape index (κ2) is 5.31. The van der Waals surface area contributed by atoms with Crippen LogP contribution in [-0.2, 0) is 11.2 Å². The smallest absolute Gasteiger partial charge is 0.345 e. The highest BCUT2D eigenvalue weighted by Gasteiger charge is 2.14. The maximum Gasteiger partial charge on any atom is 0.345 e. The molecule has 19 heavy (non-hydrogen) atoms. The molecule has 0 aliphatic carbocycles. The molecule has 0 aromatic carbocycles. The molecule has 0 saturated carbocycles. The molecule has 2 heterocycles. The monoisotopic (exact) mass is 264 g/mol. The maximum absolute atomic E-state index is 11.7. The zero-order chi connectivity index (χ0) is 13.8. The first kappa shape index (κ1) is 12.8. The van der Waals surface area contributed by atoms with Crippen LogP contribution < -0.4 is 11.2 Å². The largest absolute Gasteiger partial charge is 0.480 e. The number of carboxylic acids is 1. The topological polar surface area (TPSA) is 128 Å². The van der Waals surface area contributed by atoms with Crippen molar-refractivity contribution in [3.63, 3.8) is 0 Å². The van der Waals surface area contributed by atoms with Gasteiger partial charge in [-0.3, -0.25) is 9.36 Å². The molecule has 1 amide bonds. The number of carbonyl (C=O) groups excluding carboxylic acids is 1. The lowest BCUT2D eigenvalue weighted by atomic mass is 10.2. The van der Waals surface area contributed by atoms with Crippen molar-refractivity contribution < 1.29 is 14.7 Å². The molecule has 2 aromatic heterocycles. The highest BCUT2D eigenvalue weighted by molar-refractivity contribution is 5.83. The van der Waals surface area contributed by atoms with E-state index < -0.39 is 18.0 Å². The lowest BCUT2D eigenvalue weighted by Crippen LogP contribution is -2.32. The molecule has 0 radical (unpaired) electrons. The minimum absolute atomic E-state index is 0.0866. The van der Waals surface area contributed by atoms with Crippen LogP contribution in [-0.4, -0.2) is 42.4 Å². The van der Waals surface area contributed by atoms with Crippen LogP contribution >= 0.6 is 0 Å². The summed E-state index contributed by atoms with van der Waals surface area (Å²) >= 11 is 0. The van der Waals surface area contributed by atoms with Crippen molar-refractivity contribution in [3.8, 4) is 0 Å². The Bertz CT molecular complexity index is 576. The summed E-state index contributed by atoms with van der Waals surface area (Å²) in [5.41, 5.74) is 8.38. The van der Waals surface area contributed by atoms with Crippen LogP contribution in [0.5, 0.6) is 0 Å². The Kier molecular flexibility index (Phi) is 3.57. The summed E-state index contributed by atoms with van der Waals surface area (Å²) in [7, 11) is 0. The van der Waals surface area contributed by atoms with E-state index in [4.69, 9.17) is 10.8 Å². The number of amides is 1. The Balaban J connectivity index is 1.98. The number of nitrogens with one attached hydrogen (secondary N) is 1. The third-order valence-corrected chi connectivity index (χ3v) is 2.35. The molecule has 2 aromatic rings. The zero-order valence-electron chi connectivity index (χ0n) is 9.80. The minimum atomic E-state index is -1.10. The number of carboxylic acid groups (broad SMARTS) is 1. The predicted molar refractivity (Wildman–Crippen MR) is 63.9 cm³/mol. The van der Waals surface area contributed by atoms with Crippen LogP contribution in [0, 0.1) is 0 Å². The maximum atomic E-state index is 11.7. The van der Waals surface area contributed by atoms with E-state index in [9.17, 15) is 9.59 Å². The number of hydrogen-bond donors (Lipinski definition) is 3. The van der Waals surface area contributed by atoms with E-state index in [0.717, 1.165) is 0 Å². The average molecular weight is 264 g/mol. The van der Waals surface area contributed by atoms with Gasteiger partial charge >= 0.3 is 12.0 Å². The van der Waals surface area contributed by atoms with Gasteiger partial charge in [0.05, 0.1) is 5.69 Å². The Morgan fingerprint density at radius 1 is 1.47 bits per heavy atom. The standard InChI is InChI=1S/C10H12N6O3/c11-8(9(17)18)3-7-4-16(6-13-7)14-10(19)15-2-1-12-5-15/h1-2,4-6,8H,3,11H2,(H,14,19)(H,17,18)/t8-/m0/s1. The summed E-state index contributed by atoms with van der Waals surface area (Å²) in [5.74, 6) is -1.10. The molecule has 0 aliphatic rings. The molecule has 0 fully saturated rings. The fourth-order valence-electron chi connectivity index (χ4n) is 1.39. The molecule has 0 unspecified atom stereocenters. The number of hydrogen-bond acceptors (Lipinski definition) is 5. The van der Waals surface area contributed by atoms with Gasteiger partial charge in [-0.05, 0) is 0 Å². The van der Waals surface area contributed by atoms with E-state index in [1.807, 2.05) is 0 Å². The molecule has 4 N–H and O–H groups in total. The number of aromatic nitrogens is 4. The minimum Gasteiger partial charge on any atom is -0.480 e. The summed E-state index contributed by atoms with van der Waals surface area (Å²) in [6, 6.07) is -1.43. The number of nitrogens with zero attached hydrogens (tertiary/aromatic N) is 4. The molecule has 0 bridgehead atoms. The fourth-order valence-corrected chi connectivity index (χ4v) is 1.39. The second-order valence-electron chi connectivity index (χ2n) is 3.81. The Morgan fingerprint density at radius 3 is 2.89 bits per heavy atom. The van der Waals surface area contributed by atoms with Crippen molar-refractivity contribution in [1.29, 1.82) is 0 Å². The van der Waals surface area contributed by atoms with Crippen LogP contribution in [0.25, 0.3) is 0 Å². The first-order valence-corrected chi connectivity index (χ1v) is 5.37. The van der Waals surface area contributed by atoms with Gasteiger partial charge in [-0.1, -0.05) is 0 Å². The molecular formula is C10H12N6O3. The highest BCUT2D eigenvalue weighted by Crippen LogP contribution is 1.99. The van der Waals surface area contributed by atoms with Crippen LogP contribution in [0.4, 0.5) is 4.79 Å². The summed E-state index contributed by atoms with van der Waals surface area (Å²) in [6.45, 7) is 0. The number of nitrogens with two attached hydrogens (primary N) is 1. The molecule has 0 spiro atoms. The molecule has 2 rings (SSSR count). The van der Waals surface area contributed by atoms with Crippen molar-refractivity contribution in [3.05, 3.63) is 36.9 Å². The van der Waals surface area contributed by atoms with Gasteiger partial charge in [-0.15, -0.1) is 0 Å². The first-order chi connectivity index (χ1) is 9.06. The highest BCUT2D eigenvalue weighted by atomic mass is 16.4. The van der Waals surface area contributed by atoms with Gasteiger partial charge in [0.25, 0.3) is 0 Å². The number of imidazole rings is 2. The normalized spacial score (nSPS) is 12.1. The molecule has 0 aliphatic heterocycles. The van der Waals surface area contributed by atoms with Gasteiger partial charge in [0.1, 0.15) is 18.7 Å². The first-order valence-electron chi connectivity index (χ1n) is 5.37. The third-order valence-electron chi connectivity index (χ3n) is 2.35. The van der Waals surface area contributed by atoms with Gasteiger partial charge < -0.3 is 10.8 Å². The predicted octanol–water partition coefficient (Wildman–Crippen LogP) is -0.754. The summed E-state index contributed by atoms with van der Waals surface area (Å²) in [6.07, 6.45) is 7.27. The van der Waals surface area contributed by atoms with Crippen LogP contribution in [0.15, 0.2) is 31.2 Å². The lowest BCUT2D eigenvalue weighted by molar-refractivity contribution is -0.138. The summed E-state index contributed by atoms with van der Waals surface area (Å²) in [4.78, 5) is 30.0. The van der Waals surface area contributed by atoms with Crippen molar-refractivity contribution >= 4 is 12.0 Å². The SMILES string of the molecule is N[C@@H](Cc1cn(NC(=O)n2ccnc2)cn1)C(=O)O. The van der Waals surface area contributed by atoms with Crippen LogP contribution in [0.3, 0.4) is 0 Å². The zero-order valence-corrected chi connectivity index (χ0v) is 9.80.